The number of rotatable bonds is 5. The number of nitrogens with one attached hydrogen (secondary N) is 2. The van der Waals surface area contributed by atoms with E-state index in [9.17, 15) is 14.0 Å². The number of alkyl halides is 1. The maximum atomic E-state index is 12.4. The topological polar surface area (TPSA) is 89.0 Å². The summed E-state index contributed by atoms with van der Waals surface area (Å²) in [5.74, 6) is 0.00307. The van der Waals surface area contributed by atoms with E-state index in [0.717, 1.165) is 0 Å². The highest BCUT2D eigenvalue weighted by atomic mass is 32.1. The number of hydrogen-bond donors (Lipinski definition) is 2. The minimum atomic E-state index is -0.928. The predicted molar refractivity (Wildman–Crippen MR) is 101 cm³/mol. The van der Waals surface area contributed by atoms with Crippen LogP contribution in [0.4, 0.5) is 9.52 Å². The smallest absolute Gasteiger partial charge is 0.273 e. The van der Waals surface area contributed by atoms with Gasteiger partial charge in [0.15, 0.2) is 5.13 Å². The fraction of sp³-hybridized carbons (Fsp3) is 0.0556. The monoisotopic (exact) mass is 384 g/mol. The number of aromatic amines is 1. The Balaban J connectivity index is 1.74. The third kappa shape index (κ3) is 3.32. The van der Waals surface area contributed by atoms with Crippen LogP contribution in [0.2, 0.25) is 0 Å². The molecule has 3 heterocycles. The number of H-pyrrole nitrogens is 1. The molecule has 0 bridgehead atoms. The average molecular weight is 384 g/mol. The van der Waals surface area contributed by atoms with E-state index in [0.29, 0.717) is 33.3 Å². The van der Waals surface area contributed by atoms with Crippen LogP contribution in [0.5, 0.6) is 5.75 Å². The summed E-state index contributed by atoms with van der Waals surface area (Å²) < 4.78 is 18.5. The van der Waals surface area contributed by atoms with Gasteiger partial charge in [0.25, 0.3) is 11.5 Å². The highest BCUT2D eigenvalue weighted by molar-refractivity contribution is 7.13. The van der Waals surface area contributed by atoms with Crippen molar-refractivity contribution < 1.29 is 13.9 Å². The van der Waals surface area contributed by atoms with Crippen molar-refractivity contribution in [2.24, 2.45) is 0 Å². The molecule has 0 aliphatic heterocycles. The number of thiazole rings is 1. The lowest BCUT2D eigenvalue weighted by Crippen LogP contribution is -2.17. The van der Waals surface area contributed by atoms with Gasteiger partial charge in [-0.1, -0.05) is 0 Å². The molecule has 0 atom stereocenters. The summed E-state index contributed by atoms with van der Waals surface area (Å²) in [5, 5.41) is 5.63. The summed E-state index contributed by atoms with van der Waals surface area (Å²) in [5.41, 5.74) is 1.07. The van der Waals surface area contributed by atoms with Crippen LogP contribution in [0.1, 0.15) is 10.5 Å². The molecule has 0 radical (unpaired) electrons. The van der Waals surface area contributed by atoms with Crippen molar-refractivity contribution in [2.75, 3.05) is 12.2 Å². The van der Waals surface area contributed by atoms with Crippen molar-refractivity contribution in [3.63, 3.8) is 0 Å². The van der Waals surface area contributed by atoms with Gasteiger partial charge in [0, 0.05) is 23.0 Å². The molecule has 3 aromatic heterocycles. The molecule has 0 unspecified atom stereocenters. The lowest BCUT2D eigenvalue weighted by atomic mass is 10.2. The standard InChI is InChI=1S/C18H13FN4O3S/c19-10-26-13-4-2-12(3-5-13)23-15(24)6-1-11-9-14(21-16(11)23)17(25)22-18-20-7-8-27-18/h1-9,21H,10H2,(H,20,22,25). The van der Waals surface area contributed by atoms with Crippen LogP contribution in [-0.2, 0) is 0 Å². The van der Waals surface area contributed by atoms with Crippen molar-refractivity contribution in [2.45, 2.75) is 0 Å². The zero-order valence-electron chi connectivity index (χ0n) is 13.8. The zero-order valence-corrected chi connectivity index (χ0v) is 14.6. The fourth-order valence-electron chi connectivity index (χ4n) is 2.70. The molecule has 4 aromatic rings. The minimum Gasteiger partial charge on any atom is -0.463 e. The molecule has 9 heteroatoms. The number of nitrogens with zero attached hydrogens (tertiary/aromatic N) is 2. The Morgan fingerprint density at radius 1 is 1.26 bits per heavy atom. The lowest BCUT2D eigenvalue weighted by Gasteiger charge is -2.08. The summed E-state index contributed by atoms with van der Waals surface area (Å²) in [6.45, 7) is -0.928. The second-order valence-electron chi connectivity index (χ2n) is 5.53. The van der Waals surface area contributed by atoms with E-state index in [-0.39, 0.29) is 11.5 Å². The summed E-state index contributed by atoms with van der Waals surface area (Å²) in [4.78, 5) is 31.8. The highest BCUT2D eigenvalue weighted by Gasteiger charge is 2.14. The molecule has 0 aliphatic carbocycles. The summed E-state index contributed by atoms with van der Waals surface area (Å²) >= 11 is 1.31. The molecule has 2 N–H and O–H groups in total. The highest BCUT2D eigenvalue weighted by Crippen LogP contribution is 2.21. The van der Waals surface area contributed by atoms with Gasteiger partial charge in [-0.2, -0.15) is 0 Å². The zero-order chi connectivity index (χ0) is 18.8. The van der Waals surface area contributed by atoms with E-state index in [2.05, 4.69) is 15.3 Å². The van der Waals surface area contributed by atoms with E-state index in [1.54, 1.807) is 48.0 Å². The van der Waals surface area contributed by atoms with Gasteiger partial charge in [0.05, 0.1) is 5.69 Å². The Morgan fingerprint density at radius 2 is 2.07 bits per heavy atom. The van der Waals surface area contributed by atoms with Crippen molar-refractivity contribution in [1.29, 1.82) is 0 Å². The first kappa shape index (κ1) is 17.0. The van der Waals surface area contributed by atoms with Crippen LogP contribution in [0, 0.1) is 0 Å². The Labute approximate surface area is 156 Å². The molecule has 7 nitrogen and oxygen atoms in total. The number of anilines is 1. The molecule has 0 aliphatic rings. The molecular weight excluding hydrogens is 371 g/mol. The third-order valence-electron chi connectivity index (χ3n) is 3.89. The van der Waals surface area contributed by atoms with Gasteiger partial charge in [-0.25, -0.2) is 9.37 Å². The molecular formula is C18H13FN4O3S. The van der Waals surface area contributed by atoms with Gasteiger partial charge in [0.2, 0.25) is 6.86 Å². The lowest BCUT2D eigenvalue weighted by molar-refractivity contribution is 0.102. The van der Waals surface area contributed by atoms with Crippen LogP contribution < -0.4 is 15.6 Å². The first-order valence-electron chi connectivity index (χ1n) is 7.90. The number of pyridine rings is 1. The van der Waals surface area contributed by atoms with E-state index in [1.165, 1.54) is 22.0 Å². The molecule has 4 rings (SSSR count). The first-order valence-corrected chi connectivity index (χ1v) is 8.78. The number of amides is 1. The summed E-state index contributed by atoms with van der Waals surface area (Å²) in [7, 11) is 0. The molecule has 0 saturated carbocycles. The van der Waals surface area contributed by atoms with Gasteiger partial charge in [0.1, 0.15) is 17.1 Å². The van der Waals surface area contributed by atoms with E-state index in [1.807, 2.05) is 0 Å². The molecule has 136 valence electrons. The number of fused-ring (bicyclic) bond motifs is 1. The fourth-order valence-corrected chi connectivity index (χ4v) is 3.22. The second kappa shape index (κ2) is 7.04. The number of ether oxygens (including phenoxy) is 1. The van der Waals surface area contributed by atoms with Crippen LogP contribution in [0.3, 0.4) is 0 Å². The number of aromatic nitrogens is 3. The van der Waals surface area contributed by atoms with Gasteiger partial charge < -0.3 is 9.72 Å². The molecule has 0 saturated heterocycles. The van der Waals surface area contributed by atoms with Crippen molar-refractivity contribution >= 4 is 33.4 Å². The molecule has 1 aromatic carbocycles. The normalized spacial score (nSPS) is 10.9. The Kier molecular flexibility index (Phi) is 4.43. The number of halogens is 1. The van der Waals surface area contributed by atoms with E-state index >= 15 is 0 Å². The van der Waals surface area contributed by atoms with Crippen molar-refractivity contribution in [1.82, 2.24) is 14.5 Å². The summed E-state index contributed by atoms with van der Waals surface area (Å²) in [6.07, 6.45) is 1.60. The van der Waals surface area contributed by atoms with Crippen molar-refractivity contribution in [3.05, 3.63) is 70.1 Å². The van der Waals surface area contributed by atoms with E-state index in [4.69, 9.17) is 4.74 Å². The largest absolute Gasteiger partial charge is 0.463 e. The summed E-state index contributed by atoms with van der Waals surface area (Å²) in [6, 6.07) is 11.1. The Bertz CT molecular complexity index is 1150. The Morgan fingerprint density at radius 3 is 2.78 bits per heavy atom. The van der Waals surface area contributed by atoms with Gasteiger partial charge in [-0.15, -0.1) is 11.3 Å². The minimum absolute atomic E-state index is 0.268. The maximum absolute atomic E-state index is 12.4. The number of carbonyl (C=O) groups excluding carboxylic acids is 1. The maximum Gasteiger partial charge on any atom is 0.273 e. The number of carbonyl (C=O) groups is 1. The SMILES string of the molecule is O=C(Nc1nccs1)c1cc2ccc(=O)n(-c3ccc(OCF)cc3)c2[nH]1. The molecule has 27 heavy (non-hydrogen) atoms. The number of hydrogen-bond acceptors (Lipinski definition) is 5. The van der Waals surface area contributed by atoms with Crippen molar-refractivity contribution in [3.8, 4) is 11.4 Å². The van der Waals surface area contributed by atoms with Gasteiger partial charge in [-0.05, 0) is 36.4 Å². The molecule has 1 amide bonds. The van der Waals surface area contributed by atoms with Crippen LogP contribution in [0.15, 0.2) is 58.8 Å². The van der Waals surface area contributed by atoms with Crippen LogP contribution in [-0.4, -0.2) is 27.3 Å². The van der Waals surface area contributed by atoms with E-state index < -0.39 is 6.86 Å². The second-order valence-corrected chi connectivity index (χ2v) is 6.43. The van der Waals surface area contributed by atoms with Gasteiger partial charge in [-0.3, -0.25) is 19.5 Å². The Hall–Kier alpha value is -3.46. The quantitative estimate of drug-likeness (QED) is 0.552. The first-order chi connectivity index (χ1) is 13.2. The predicted octanol–water partition coefficient (Wildman–Crippen LogP) is 3.33. The third-order valence-corrected chi connectivity index (χ3v) is 4.58. The number of benzene rings is 1. The molecule has 0 spiro atoms. The molecule has 0 fully saturated rings. The van der Waals surface area contributed by atoms with Crippen LogP contribution >= 0.6 is 11.3 Å². The average Bonchev–Trinajstić information content (AvgIpc) is 3.32. The van der Waals surface area contributed by atoms with Crippen LogP contribution in [0.25, 0.3) is 16.7 Å². The van der Waals surface area contributed by atoms with Gasteiger partial charge >= 0.3 is 0 Å².